The normalized spacial score (nSPS) is 24.3. The molecule has 0 bridgehead atoms. The van der Waals surface area contributed by atoms with Gasteiger partial charge in [0.1, 0.15) is 5.82 Å². The molecule has 38 heavy (non-hydrogen) atoms. The predicted octanol–water partition coefficient (Wildman–Crippen LogP) is 1.59. The Labute approximate surface area is 221 Å². The SMILES string of the molecule is O=C(c1ccc(F)cc1)C1CCN(CC(=O)N(Cc2cccnc2)CC2NC(=O)C3COCCC3N2)CC1. The number of likely N-dealkylation sites (tertiary alicyclic amines) is 1. The smallest absolute Gasteiger partial charge is 0.237 e. The summed E-state index contributed by atoms with van der Waals surface area (Å²) in [5.74, 6) is -0.753. The Morgan fingerprint density at radius 1 is 1.13 bits per heavy atom. The van der Waals surface area contributed by atoms with Gasteiger partial charge >= 0.3 is 0 Å². The van der Waals surface area contributed by atoms with Crippen LogP contribution in [0.2, 0.25) is 0 Å². The first kappa shape index (κ1) is 26.4. The zero-order chi connectivity index (χ0) is 26.5. The van der Waals surface area contributed by atoms with Crippen LogP contribution in [0, 0.1) is 17.7 Å². The number of hydrogen-bond acceptors (Lipinski definition) is 7. The van der Waals surface area contributed by atoms with E-state index in [9.17, 15) is 18.8 Å². The van der Waals surface area contributed by atoms with Crippen LogP contribution >= 0.6 is 0 Å². The molecule has 3 aliphatic heterocycles. The number of halogens is 1. The molecule has 4 heterocycles. The van der Waals surface area contributed by atoms with Crippen LogP contribution in [0.3, 0.4) is 0 Å². The molecule has 9 nitrogen and oxygen atoms in total. The van der Waals surface area contributed by atoms with Gasteiger partial charge in [-0.3, -0.25) is 29.6 Å². The van der Waals surface area contributed by atoms with Gasteiger partial charge in [0.2, 0.25) is 11.8 Å². The van der Waals surface area contributed by atoms with Gasteiger partial charge in [-0.1, -0.05) is 6.07 Å². The Balaban J connectivity index is 1.19. The molecule has 5 rings (SSSR count). The molecule has 3 aliphatic rings. The quantitative estimate of drug-likeness (QED) is 0.507. The van der Waals surface area contributed by atoms with Gasteiger partial charge < -0.3 is 15.0 Å². The van der Waals surface area contributed by atoms with Crippen LogP contribution in [-0.4, -0.2) is 84.0 Å². The zero-order valence-corrected chi connectivity index (χ0v) is 21.4. The van der Waals surface area contributed by atoms with Crippen molar-refractivity contribution in [3.05, 3.63) is 65.7 Å². The van der Waals surface area contributed by atoms with Gasteiger partial charge in [0, 0.05) is 43.1 Å². The molecule has 3 atom stereocenters. The number of rotatable bonds is 8. The molecule has 10 heteroatoms. The van der Waals surface area contributed by atoms with E-state index in [0.717, 1.165) is 12.0 Å². The maximum atomic E-state index is 13.5. The Bertz CT molecular complexity index is 1120. The number of ether oxygens (including phenoxy) is 1. The first-order valence-electron chi connectivity index (χ1n) is 13.3. The third-order valence-electron chi connectivity index (χ3n) is 7.72. The highest BCUT2D eigenvalue weighted by atomic mass is 19.1. The minimum atomic E-state index is -0.360. The summed E-state index contributed by atoms with van der Waals surface area (Å²) in [7, 11) is 0. The lowest BCUT2D eigenvalue weighted by Gasteiger charge is -2.41. The number of carbonyl (C=O) groups excluding carboxylic acids is 3. The number of Topliss-reactive ketones (excluding diaryl/α,β-unsaturated/α-hetero) is 1. The van der Waals surface area contributed by atoms with E-state index in [1.165, 1.54) is 24.3 Å². The van der Waals surface area contributed by atoms with Crippen molar-refractivity contribution in [1.29, 1.82) is 0 Å². The fraction of sp³-hybridized carbons (Fsp3) is 0.500. The minimum Gasteiger partial charge on any atom is -0.381 e. The van der Waals surface area contributed by atoms with Crippen molar-refractivity contribution in [3.8, 4) is 0 Å². The number of carbonyl (C=O) groups is 3. The second-order valence-electron chi connectivity index (χ2n) is 10.4. The fourth-order valence-corrected chi connectivity index (χ4v) is 5.55. The zero-order valence-electron chi connectivity index (χ0n) is 21.4. The van der Waals surface area contributed by atoms with Gasteiger partial charge in [0.25, 0.3) is 0 Å². The molecule has 2 N–H and O–H groups in total. The highest BCUT2D eigenvalue weighted by molar-refractivity contribution is 5.97. The first-order valence-corrected chi connectivity index (χ1v) is 13.3. The van der Waals surface area contributed by atoms with Crippen molar-refractivity contribution in [3.63, 3.8) is 0 Å². The number of benzene rings is 1. The molecule has 0 aliphatic carbocycles. The van der Waals surface area contributed by atoms with Crippen LogP contribution in [0.1, 0.15) is 35.2 Å². The molecule has 3 fully saturated rings. The van der Waals surface area contributed by atoms with Crippen molar-refractivity contribution in [1.82, 2.24) is 25.4 Å². The van der Waals surface area contributed by atoms with Crippen LogP contribution in [-0.2, 0) is 20.9 Å². The number of hydrogen-bond donors (Lipinski definition) is 2. The number of aromatic nitrogens is 1. The topological polar surface area (TPSA) is 104 Å². The second-order valence-corrected chi connectivity index (χ2v) is 10.4. The summed E-state index contributed by atoms with van der Waals surface area (Å²) in [6.45, 7) is 3.25. The number of fused-ring (bicyclic) bond motifs is 1. The highest BCUT2D eigenvalue weighted by Crippen LogP contribution is 2.23. The van der Waals surface area contributed by atoms with E-state index in [0.29, 0.717) is 57.8 Å². The molecule has 0 radical (unpaired) electrons. The molecule has 2 amide bonds. The summed E-state index contributed by atoms with van der Waals surface area (Å²) < 4.78 is 18.7. The Hall–Kier alpha value is -3.21. The van der Waals surface area contributed by atoms with E-state index in [2.05, 4.69) is 20.5 Å². The molecule has 1 aromatic heterocycles. The van der Waals surface area contributed by atoms with Crippen LogP contribution in [0.4, 0.5) is 4.39 Å². The number of piperidine rings is 1. The summed E-state index contributed by atoms with van der Waals surface area (Å²) in [5.41, 5.74) is 1.44. The number of nitrogens with zero attached hydrogens (tertiary/aromatic N) is 3. The molecule has 2 aromatic rings. The molecule has 202 valence electrons. The van der Waals surface area contributed by atoms with Crippen LogP contribution < -0.4 is 10.6 Å². The summed E-state index contributed by atoms with van der Waals surface area (Å²) in [6, 6.07) is 9.49. The molecule has 3 saturated heterocycles. The molecule has 0 spiro atoms. The lowest BCUT2D eigenvalue weighted by atomic mass is 9.89. The summed E-state index contributed by atoms with van der Waals surface area (Å²) >= 11 is 0. The second kappa shape index (κ2) is 12.1. The van der Waals surface area contributed by atoms with Crippen molar-refractivity contribution in [2.45, 2.75) is 38.0 Å². The lowest BCUT2D eigenvalue weighted by molar-refractivity contribution is -0.139. The first-order chi connectivity index (χ1) is 18.5. The van der Waals surface area contributed by atoms with Gasteiger partial charge in [-0.15, -0.1) is 0 Å². The number of nitrogens with one attached hydrogen (secondary N) is 2. The van der Waals surface area contributed by atoms with Crippen LogP contribution in [0.15, 0.2) is 48.8 Å². The molecular formula is C28H34FN5O4. The van der Waals surface area contributed by atoms with Gasteiger partial charge in [-0.05, 0) is 68.2 Å². The lowest BCUT2D eigenvalue weighted by Crippen LogP contribution is -2.66. The van der Waals surface area contributed by atoms with Crippen LogP contribution in [0.25, 0.3) is 0 Å². The van der Waals surface area contributed by atoms with E-state index in [-0.39, 0.29) is 54.0 Å². The standard InChI is InChI=1S/C28H34FN5O4/c29-22-5-3-20(4-6-22)27(36)21-7-11-33(12-8-21)17-26(35)34(15-19-2-1-10-30-14-19)16-25-31-24-9-13-38-18-23(24)28(37)32-25/h1-6,10,14,21,23-25,31H,7-9,11-13,15-18H2,(H,32,37). The van der Waals surface area contributed by atoms with E-state index >= 15 is 0 Å². The van der Waals surface area contributed by atoms with Crippen molar-refractivity contribution in [2.24, 2.45) is 11.8 Å². The summed E-state index contributed by atoms with van der Waals surface area (Å²) in [4.78, 5) is 47.0. The average molecular weight is 524 g/mol. The average Bonchev–Trinajstić information content (AvgIpc) is 2.94. The monoisotopic (exact) mass is 523 g/mol. The Kier molecular flexibility index (Phi) is 8.41. The van der Waals surface area contributed by atoms with E-state index in [1.807, 2.05) is 12.1 Å². The third kappa shape index (κ3) is 6.43. The van der Waals surface area contributed by atoms with Gasteiger partial charge in [0.15, 0.2) is 5.78 Å². The van der Waals surface area contributed by atoms with Gasteiger partial charge in [0.05, 0.1) is 31.8 Å². The van der Waals surface area contributed by atoms with E-state index in [1.54, 1.807) is 17.3 Å². The molecule has 3 unspecified atom stereocenters. The third-order valence-corrected chi connectivity index (χ3v) is 7.72. The number of pyridine rings is 1. The Morgan fingerprint density at radius 2 is 1.92 bits per heavy atom. The maximum Gasteiger partial charge on any atom is 0.237 e. The van der Waals surface area contributed by atoms with E-state index in [4.69, 9.17) is 4.74 Å². The molecule has 1 aromatic carbocycles. The van der Waals surface area contributed by atoms with E-state index < -0.39 is 0 Å². The number of amides is 2. The Morgan fingerprint density at radius 3 is 2.66 bits per heavy atom. The molecule has 0 saturated carbocycles. The summed E-state index contributed by atoms with van der Waals surface area (Å²) in [6.07, 6.45) is 5.16. The van der Waals surface area contributed by atoms with Crippen molar-refractivity contribution >= 4 is 17.6 Å². The molecular weight excluding hydrogens is 489 g/mol. The predicted molar refractivity (Wildman–Crippen MR) is 137 cm³/mol. The number of ketones is 1. The summed E-state index contributed by atoms with van der Waals surface area (Å²) in [5, 5.41) is 6.52. The highest BCUT2D eigenvalue weighted by Gasteiger charge is 2.39. The minimum absolute atomic E-state index is 0.0275. The van der Waals surface area contributed by atoms with Gasteiger partial charge in [-0.2, -0.15) is 0 Å². The maximum absolute atomic E-state index is 13.5. The van der Waals surface area contributed by atoms with Crippen LogP contribution in [0.5, 0.6) is 0 Å². The fourth-order valence-electron chi connectivity index (χ4n) is 5.55. The van der Waals surface area contributed by atoms with Crippen molar-refractivity contribution < 1.29 is 23.5 Å². The largest absolute Gasteiger partial charge is 0.381 e. The van der Waals surface area contributed by atoms with Gasteiger partial charge in [-0.25, -0.2) is 4.39 Å². The van der Waals surface area contributed by atoms with Crippen molar-refractivity contribution in [2.75, 3.05) is 39.4 Å².